The van der Waals surface area contributed by atoms with Crippen molar-refractivity contribution in [1.29, 1.82) is 0 Å². The third-order valence-electron chi connectivity index (χ3n) is 5.49. The van der Waals surface area contributed by atoms with Crippen LogP contribution in [0.1, 0.15) is 20.7 Å². The molecule has 31 heavy (non-hydrogen) atoms. The van der Waals surface area contributed by atoms with Crippen LogP contribution in [-0.4, -0.2) is 127 Å². The maximum Gasteiger partial charge on any atom is 0.198 e. The number of hydrogen-bond donors (Lipinski definition) is 8. The highest BCUT2D eigenvalue weighted by Crippen LogP contribution is 2.28. The topological polar surface area (TPSA) is 228 Å². The van der Waals surface area contributed by atoms with Crippen LogP contribution in [0.4, 0.5) is 0 Å². The summed E-state index contributed by atoms with van der Waals surface area (Å²) in [6.45, 7) is -1.53. The van der Waals surface area contributed by atoms with Crippen molar-refractivity contribution in [3.05, 3.63) is 23.7 Å². The van der Waals surface area contributed by atoms with Gasteiger partial charge in [0, 0.05) is 0 Å². The number of ketones is 2. The molecule has 3 rings (SSSR count). The molecule has 13 nitrogen and oxygen atoms in total. The van der Waals surface area contributed by atoms with E-state index >= 15 is 0 Å². The van der Waals surface area contributed by atoms with E-state index in [1.807, 2.05) is 0 Å². The zero-order valence-corrected chi connectivity index (χ0v) is 16.0. The molecule has 2 aliphatic rings. The van der Waals surface area contributed by atoms with Crippen molar-refractivity contribution in [1.82, 2.24) is 0 Å². The minimum atomic E-state index is -1.89. The Balaban J connectivity index is 1.86. The first-order valence-electron chi connectivity index (χ1n) is 9.39. The average Bonchev–Trinajstić information content (AvgIpc) is 3.25. The monoisotopic (exact) mass is 448 g/mol. The smallest absolute Gasteiger partial charge is 0.198 e. The van der Waals surface area contributed by atoms with E-state index in [-0.39, 0.29) is 0 Å². The van der Waals surface area contributed by atoms with Crippen LogP contribution in [0.3, 0.4) is 0 Å². The zero-order chi connectivity index (χ0) is 23.0. The molecule has 0 radical (unpaired) electrons. The Kier molecular flexibility index (Phi) is 7.22. The van der Waals surface area contributed by atoms with Crippen molar-refractivity contribution in [2.75, 3.05) is 13.2 Å². The summed E-state index contributed by atoms with van der Waals surface area (Å²) in [6, 6.07) is 0. The third kappa shape index (κ3) is 4.17. The summed E-state index contributed by atoms with van der Waals surface area (Å²) in [5, 5.41) is 78.2. The number of rotatable bonds is 6. The standard InChI is InChI=1S/C18H24O13/c19-1-7-11(23)13(25)15(27)17(30-7)9(21)5-3-29-4-6(5)10(22)18-16(28)14(26)12(24)8(2-20)31-18/h3-4,7-8,11-20,23-28H,1-2H2/t7-,8-,11+,12+,13+,14+,15-,16-,17?,18?/m1/s1. The molecule has 0 aromatic carbocycles. The maximum atomic E-state index is 12.9. The van der Waals surface area contributed by atoms with E-state index in [2.05, 4.69) is 0 Å². The molecular weight excluding hydrogens is 424 g/mol. The Hall–Kier alpha value is -1.78. The van der Waals surface area contributed by atoms with Crippen molar-refractivity contribution in [3.8, 4) is 0 Å². The van der Waals surface area contributed by atoms with Gasteiger partial charge in [0.15, 0.2) is 11.6 Å². The van der Waals surface area contributed by atoms with Gasteiger partial charge in [-0.25, -0.2) is 0 Å². The van der Waals surface area contributed by atoms with Crippen LogP contribution in [0.5, 0.6) is 0 Å². The molecule has 3 heterocycles. The first-order chi connectivity index (χ1) is 14.6. The highest BCUT2D eigenvalue weighted by molar-refractivity contribution is 6.11. The Labute approximate surface area is 174 Å². The Morgan fingerprint density at radius 2 is 1.00 bits per heavy atom. The van der Waals surface area contributed by atoms with E-state index in [4.69, 9.17) is 13.9 Å². The summed E-state index contributed by atoms with van der Waals surface area (Å²) in [5.74, 6) is -2.06. The molecule has 1 aromatic heterocycles. The fourth-order valence-corrected chi connectivity index (χ4v) is 3.62. The highest BCUT2D eigenvalue weighted by atomic mass is 16.6. The van der Waals surface area contributed by atoms with Gasteiger partial charge in [-0.3, -0.25) is 9.59 Å². The number of ether oxygens (including phenoxy) is 2. The molecule has 0 bridgehead atoms. The van der Waals surface area contributed by atoms with Gasteiger partial charge in [-0.1, -0.05) is 0 Å². The lowest BCUT2D eigenvalue weighted by molar-refractivity contribution is -0.215. The zero-order valence-electron chi connectivity index (χ0n) is 16.0. The molecule has 0 aliphatic carbocycles. The van der Waals surface area contributed by atoms with Gasteiger partial charge in [0.25, 0.3) is 0 Å². The van der Waals surface area contributed by atoms with Crippen molar-refractivity contribution in [2.24, 2.45) is 0 Å². The molecule has 13 heteroatoms. The number of carbonyl (C=O) groups is 2. The van der Waals surface area contributed by atoms with Crippen molar-refractivity contribution >= 4 is 11.6 Å². The highest BCUT2D eigenvalue weighted by Gasteiger charge is 2.49. The quantitative estimate of drug-likeness (QED) is 0.192. The summed E-state index contributed by atoms with van der Waals surface area (Å²) in [6.07, 6.45) is -15.4. The second-order valence-electron chi connectivity index (χ2n) is 7.43. The minimum absolute atomic E-state index is 0.425. The summed E-state index contributed by atoms with van der Waals surface area (Å²) in [7, 11) is 0. The van der Waals surface area contributed by atoms with Gasteiger partial charge in [-0.15, -0.1) is 0 Å². The first-order valence-corrected chi connectivity index (χ1v) is 9.39. The third-order valence-corrected chi connectivity index (χ3v) is 5.49. The van der Waals surface area contributed by atoms with E-state index < -0.39 is 96.9 Å². The SMILES string of the molecule is O=C(c1cocc1C(=O)C1O[C@H](CO)[C@H](O)[C@H](O)[C@H]1O)C1O[C@H](CO)[C@H](O)[C@H](O)[C@H]1O. The number of hydrogen-bond acceptors (Lipinski definition) is 13. The van der Waals surface area contributed by atoms with E-state index in [1.54, 1.807) is 0 Å². The van der Waals surface area contributed by atoms with Crippen LogP contribution in [0.2, 0.25) is 0 Å². The Morgan fingerprint density at radius 1 is 0.645 bits per heavy atom. The molecule has 2 saturated heterocycles. The number of Topliss-reactive ketones (excluding diaryl/α,β-unsaturated/α-hetero) is 2. The number of carbonyl (C=O) groups excluding carboxylic acids is 2. The van der Waals surface area contributed by atoms with Gasteiger partial charge in [0.1, 0.15) is 73.6 Å². The van der Waals surface area contributed by atoms with Crippen LogP contribution < -0.4 is 0 Å². The van der Waals surface area contributed by atoms with Crippen LogP contribution in [0.15, 0.2) is 16.9 Å². The summed E-state index contributed by atoms with van der Waals surface area (Å²) >= 11 is 0. The normalized spacial score (nSPS) is 41.2. The lowest BCUT2D eigenvalue weighted by Gasteiger charge is -2.39. The van der Waals surface area contributed by atoms with Crippen LogP contribution in [0, 0.1) is 0 Å². The second-order valence-corrected chi connectivity index (χ2v) is 7.43. The Bertz CT molecular complexity index is 727. The fourth-order valence-electron chi connectivity index (χ4n) is 3.62. The molecule has 0 saturated carbocycles. The van der Waals surface area contributed by atoms with E-state index in [0.717, 1.165) is 12.5 Å². The van der Waals surface area contributed by atoms with Gasteiger partial charge < -0.3 is 54.7 Å². The van der Waals surface area contributed by atoms with Crippen molar-refractivity contribution in [2.45, 2.75) is 61.0 Å². The van der Waals surface area contributed by atoms with Gasteiger partial charge in [-0.2, -0.15) is 0 Å². The fraction of sp³-hybridized carbons (Fsp3) is 0.667. The van der Waals surface area contributed by atoms with Crippen LogP contribution >= 0.6 is 0 Å². The van der Waals surface area contributed by atoms with Crippen LogP contribution in [-0.2, 0) is 9.47 Å². The Morgan fingerprint density at radius 3 is 1.32 bits per heavy atom. The number of furan rings is 1. The first kappa shape index (κ1) is 23.9. The molecule has 174 valence electrons. The average molecular weight is 448 g/mol. The van der Waals surface area contributed by atoms with Crippen molar-refractivity contribution < 1.29 is 64.3 Å². The van der Waals surface area contributed by atoms with Gasteiger partial charge >= 0.3 is 0 Å². The van der Waals surface area contributed by atoms with Gasteiger partial charge in [-0.05, 0) is 0 Å². The lowest BCUT2D eigenvalue weighted by Crippen LogP contribution is -2.61. The van der Waals surface area contributed by atoms with Crippen LogP contribution in [0.25, 0.3) is 0 Å². The largest absolute Gasteiger partial charge is 0.471 e. The summed E-state index contributed by atoms with van der Waals surface area (Å²) < 4.78 is 15.3. The predicted molar refractivity (Wildman–Crippen MR) is 94.9 cm³/mol. The molecular formula is C18H24O13. The molecule has 0 amide bonds. The molecule has 0 spiro atoms. The second kappa shape index (κ2) is 9.38. The maximum absolute atomic E-state index is 12.9. The van der Waals surface area contributed by atoms with Gasteiger partial charge in [0.05, 0.1) is 24.3 Å². The molecule has 2 fully saturated rings. The van der Waals surface area contributed by atoms with Gasteiger partial charge in [0.2, 0.25) is 0 Å². The molecule has 1 aromatic rings. The lowest BCUT2D eigenvalue weighted by atomic mass is 9.87. The number of aliphatic hydroxyl groups excluding tert-OH is 8. The summed E-state index contributed by atoms with van der Waals surface area (Å²) in [4.78, 5) is 25.8. The molecule has 2 unspecified atom stereocenters. The molecule has 8 N–H and O–H groups in total. The van der Waals surface area contributed by atoms with E-state index in [1.165, 1.54) is 0 Å². The van der Waals surface area contributed by atoms with Crippen molar-refractivity contribution in [3.63, 3.8) is 0 Å². The number of aliphatic hydroxyl groups is 8. The summed E-state index contributed by atoms with van der Waals surface area (Å²) in [5.41, 5.74) is -0.849. The van der Waals surface area contributed by atoms with E-state index in [9.17, 15) is 50.4 Å². The van der Waals surface area contributed by atoms with E-state index in [0.29, 0.717) is 0 Å². The predicted octanol–water partition coefficient (Wildman–Crippen LogP) is -4.67. The molecule has 10 atom stereocenters. The minimum Gasteiger partial charge on any atom is -0.471 e. The molecule has 2 aliphatic heterocycles.